The van der Waals surface area contributed by atoms with Crippen LogP contribution >= 0.6 is 15.9 Å². The molecule has 1 aromatic carbocycles. The fourth-order valence-electron chi connectivity index (χ4n) is 2.16. The van der Waals surface area contributed by atoms with Crippen molar-refractivity contribution in [2.24, 2.45) is 5.92 Å². The van der Waals surface area contributed by atoms with Crippen molar-refractivity contribution in [3.05, 3.63) is 28.2 Å². The molecule has 0 aromatic heterocycles. The van der Waals surface area contributed by atoms with Gasteiger partial charge in [-0.05, 0) is 47.0 Å². The number of nitrogens with zero attached hydrogens (tertiary/aromatic N) is 1. The average Bonchev–Trinajstić information content (AvgIpc) is 2.41. The van der Waals surface area contributed by atoms with E-state index in [1.54, 1.807) is 17.0 Å². The number of phenols is 1. The fourth-order valence-corrected chi connectivity index (χ4v) is 2.40. The Morgan fingerprint density at radius 2 is 1.89 bits per heavy atom. The van der Waals surface area contributed by atoms with Gasteiger partial charge in [0.05, 0.1) is 10.4 Å². The maximum absolute atomic E-state index is 12.2. The average molecular weight is 328 g/mol. The molecular formula is C13H14BrNO4. The molecule has 0 bridgehead atoms. The van der Waals surface area contributed by atoms with Crippen molar-refractivity contribution >= 4 is 27.8 Å². The lowest BCUT2D eigenvalue weighted by molar-refractivity contribution is -0.143. The number of carboxylic acid groups (broad SMARTS) is 1. The molecule has 6 heteroatoms. The van der Waals surface area contributed by atoms with E-state index in [9.17, 15) is 14.7 Å². The predicted molar refractivity (Wildman–Crippen MR) is 72.1 cm³/mol. The maximum atomic E-state index is 12.2. The van der Waals surface area contributed by atoms with E-state index in [-0.39, 0.29) is 17.6 Å². The van der Waals surface area contributed by atoms with Gasteiger partial charge < -0.3 is 15.1 Å². The third-order valence-corrected chi connectivity index (χ3v) is 4.00. The number of aliphatic carboxylic acids is 1. The minimum atomic E-state index is -0.798. The number of hydrogen-bond acceptors (Lipinski definition) is 3. The highest BCUT2D eigenvalue weighted by Gasteiger charge is 2.27. The third kappa shape index (κ3) is 3.07. The molecule has 0 spiro atoms. The zero-order valence-corrected chi connectivity index (χ0v) is 11.8. The van der Waals surface area contributed by atoms with Gasteiger partial charge in [0.2, 0.25) is 0 Å². The quantitative estimate of drug-likeness (QED) is 0.871. The van der Waals surface area contributed by atoms with Gasteiger partial charge in [0.15, 0.2) is 0 Å². The normalized spacial score (nSPS) is 16.4. The molecule has 1 aromatic rings. The van der Waals surface area contributed by atoms with Gasteiger partial charge in [-0.15, -0.1) is 0 Å². The number of hydrogen-bond donors (Lipinski definition) is 2. The minimum absolute atomic E-state index is 0.0197. The summed E-state index contributed by atoms with van der Waals surface area (Å²) in [5.74, 6) is -1.31. The summed E-state index contributed by atoms with van der Waals surface area (Å²) in [5.41, 5.74) is 0.412. The third-order valence-electron chi connectivity index (χ3n) is 3.32. The molecule has 2 rings (SSSR count). The number of phenolic OH excluding ortho intramolecular Hbond substituents is 1. The van der Waals surface area contributed by atoms with E-state index in [0.29, 0.717) is 36.0 Å². The Kier molecular flexibility index (Phi) is 4.09. The number of aromatic hydroxyl groups is 1. The molecule has 0 saturated carbocycles. The summed E-state index contributed by atoms with van der Waals surface area (Å²) >= 11 is 3.16. The SMILES string of the molecule is O=C(O)C1CCN(C(=O)c2ccc(Br)c(O)c2)CC1. The molecule has 19 heavy (non-hydrogen) atoms. The number of carbonyl (C=O) groups excluding carboxylic acids is 1. The van der Waals surface area contributed by atoms with E-state index in [1.165, 1.54) is 6.07 Å². The number of carbonyl (C=O) groups is 2. The molecule has 1 heterocycles. The minimum Gasteiger partial charge on any atom is -0.507 e. The number of benzene rings is 1. The van der Waals surface area contributed by atoms with E-state index in [2.05, 4.69) is 15.9 Å². The zero-order chi connectivity index (χ0) is 14.0. The van der Waals surface area contributed by atoms with Crippen LogP contribution < -0.4 is 0 Å². The van der Waals surface area contributed by atoms with Gasteiger partial charge in [-0.25, -0.2) is 0 Å². The zero-order valence-electron chi connectivity index (χ0n) is 10.2. The van der Waals surface area contributed by atoms with Gasteiger partial charge >= 0.3 is 5.97 Å². The molecule has 0 aliphatic carbocycles. The van der Waals surface area contributed by atoms with E-state index < -0.39 is 5.97 Å². The van der Waals surface area contributed by atoms with E-state index in [4.69, 9.17) is 5.11 Å². The second-order valence-corrected chi connectivity index (χ2v) is 5.43. The highest BCUT2D eigenvalue weighted by atomic mass is 79.9. The first-order chi connectivity index (χ1) is 8.99. The fraction of sp³-hybridized carbons (Fsp3) is 0.385. The number of likely N-dealkylation sites (tertiary alicyclic amines) is 1. The Hall–Kier alpha value is -1.56. The van der Waals surface area contributed by atoms with Gasteiger partial charge in [-0.1, -0.05) is 0 Å². The molecular weight excluding hydrogens is 314 g/mol. The molecule has 0 radical (unpaired) electrons. The summed E-state index contributed by atoms with van der Waals surface area (Å²) in [7, 11) is 0. The molecule has 2 N–H and O–H groups in total. The molecule has 0 atom stereocenters. The van der Waals surface area contributed by atoms with Crippen LogP contribution in [0.5, 0.6) is 5.75 Å². The number of rotatable bonds is 2. The van der Waals surface area contributed by atoms with Gasteiger partial charge in [0.25, 0.3) is 5.91 Å². The first-order valence-electron chi connectivity index (χ1n) is 5.99. The van der Waals surface area contributed by atoms with Crippen LogP contribution in [-0.2, 0) is 4.79 Å². The summed E-state index contributed by atoms with van der Waals surface area (Å²) in [6.45, 7) is 0.874. The topological polar surface area (TPSA) is 77.8 Å². The predicted octanol–water partition coefficient (Wildman–Crippen LogP) is 2.09. The molecule has 0 unspecified atom stereocenters. The number of carboxylic acids is 1. The van der Waals surface area contributed by atoms with Crippen molar-refractivity contribution in [1.82, 2.24) is 4.90 Å². The molecule has 1 saturated heterocycles. The summed E-state index contributed by atoms with van der Waals surface area (Å²) in [6.07, 6.45) is 0.952. The van der Waals surface area contributed by atoms with Crippen LogP contribution in [0, 0.1) is 5.92 Å². The second kappa shape index (κ2) is 5.61. The Morgan fingerprint density at radius 3 is 2.42 bits per heavy atom. The van der Waals surface area contributed by atoms with E-state index in [0.717, 1.165) is 0 Å². The Morgan fingerprint density at radius 1 is 1.26 bits per heavy atom. The van der Waals surface area contributed by atoms with E-state index >= 15 is 0 Å². The van der Waals surface area contributed by atoms with Crippen molar-refractivity contribution in [1.29, 1.82) is 0 Å². The van der Waals surface area contributed by atoms with Crippen LogP contribution in [0.4, 0.5) is 0 Å². The van der Waals surface area contributed by atoms with Crippen LogP contribution in [-0.4, -0.2) is 40.1 Å². The molecule has 1 amide bonds. The highest BCUT2D eigenvalue weighted by Crippen LogP contribution is 2.26. The molecule has 1 aliphatic rings. The van der Waals surface area contributed by atoms with Crippen molar-refractivity contribution in [2.45, 2.75) is 12.8 Å². The van der Waals surface area contributed by atoms with Crippen molar-refractivity contribution in [3.8, 4) is 5.75 Å². The lowest BCUT2D eigenvalue weighted by Gasteiger charge is -2.30. The second-order valence-electron chi connectivity index (χ2n) is 4.57. The maximum Gasteiger partial charge on any atom is 0.306 e. The molecule has 1 fully saturated rings. The van der Waals surface area contributed by atoms with Gasteiger partial charge in [-0.3, -0.25) is 9.59 Å². The number of piperidine rings is 1. The lowest BCUT2D eigenvalue weighted by Crippen LogP contribution is -2.40. The Labute approximate surface area is 119 Å². The summed E-state index contributed by atoms with van der Waals surface area (Å²) in [4.78, 5) is 24.7. The Balaban J connectivity index is 2.05. The van der Waals surface area contributed by atoms with Gasteiger partial charge in [0.1, 0.15) is 5.75 Å². The first kappa shape index (κ1) is 13.9. The van der Waals surface area contributed by atoms with Crippen LogP contribution in [0.25, 0.3) is 0 Å². The highest BCUT2D eigenvalue weighted by molar-refractivity contribution is 9.10. The molecule has 102 valence electrons. The van der Waals surface area contributed by atoms with E-state index in [1.807, 2.05) is 0 Å². The van der Waals surface area contributed by atoms with Crippen molar-refractivity contribution < 1.29 is 19.8 Å². The molecule has 1 aliphatic heterocycles. The molecule has 5 nitrogen and oxygen atoms in total. The van der Waals surface area contributed by atoms with Crippen molar-refractivity contribution in [2.75, 3.05) is 13.1 Å². The first-order valence-corrected chi connectivity index (χ1v) is 6.79. The van der Waals surface area contributed by atoms with Crippen LogP contribution in [0.3, 0.4) is 0 Å². The van der Waals surface area contributed by atoms with Crippen LogP contribution in [0.15, 0.2) is 22.7 Å². The standard InChI is InChI=1S/C13H14BrNO4/c14-10-2-1-9(7-11(10)16)12(17)15-5-3-8(4-6-15)13(18)19/h1-2,7-8,16H,3-6H2,(H,18,19). The number of halogens is 1. The van der Waals surface area contributed by atoms with Crippen LogP contribution in [0.2, 0.25) is 0 Å². The summed E-state index contributed by atoms with van der Waals surface area (Å²) in [6, 6.07) is 4.66. The van der Waals surface area contributed by atoms with Gasteiger partial charge in [0, 0.05) is 18.7 Å². The largest absolute Gasteiger partial charge is 0.507 e. The number of amides is 1. The summed E-state index contributed by atoms with van der Waals surface area (Å²) < 4.78 is 0.536. The monoisotopic (exact) mass is 327 g/mol. The smallest absolute Gasteiger partial charge is 0.306 e. The van der Waals surface area contributed by atoms with Crippen LogP contribution in [0.1, 0.15) is 23.2 Å². The van der Waals surface area contributed by atoms with Crippen molar-refractivity contribution in [3.63, 3.8) is 0 Å². The van der Waals surface area contributed by atoms with Gasteiger partial charge in [-0.2, -0.15) is 0 Å². The Bertz CT molecular complexity index is 509. The summed E-state index contributed by atoms with van der Waals surface area (Å²) in [5, 5.41) is 18.5. The lowest BCUT2D eigenvalue weighted by atomic mass is 9.96.